The van der Waals surface area contributed by atoms with Crippen molar-refractivity contribution in [1.29, 1.82) is 0 Å². The number of carbonyl (C=O) groups is 3. The summed E-state index contributed by atoms with van der Waals surface area (Å²) in [6.07, 6.45) is 0. The third kappa shape index (κ3) is 5.95. The fourth-order valence-electron chi connectivity index (χ4n) is 3.11. The molecule has 0 radical (unpaired) electrons. The van der Waals surface area contributed by atoms with Gasteiger partial charge in [0.2, 0.25) is 0 Å². The number of para-hydroxylation sites is 2. The van der Waals surface area contributed by atoms with Crippen molar-refractivity contribution < 1.29 is 37.0 Å². The molecule has 35 heavy (non-hydrogen) atoms. The number of rotatable bonds is 8. The van der Waals surface area contributed by atoms with Crippen LogP contribution in [0.4, 0.5) is 11.4 Å². The first-order valence-electron chi connectivity index (χ1n) is 10.1. The van der Waals surface area contributed by atoms with Crippen LogP contribution in [-0.4, -0.2) is 47.6 Å². The Morgan fingerprint density at radius 2 is 1.37 bits per heavy atom. The number of sulfonamides is 1. The second kappa shape index (κ2) is 10.7. The highest BCUT2D eigenvalue weighted by Crippen LogP contribution is 2.26. The van der Waals surface area contributed by atoms with Crippen molar-refractivity contribution in [3.8, 4) is 5.75 Å². The molecular formula is C24H22N2O8S. The van der Waals surface area contributed by atoms with Crippen molar-refractivity contribution in [2.75, 3.05) is 31.4 Å². The van der Waals surface area contributed by atoms with E-state index in [0.29, 0.717) is 5.75 Å². The highest BCUT2D eigenvalue weighted by molar-refractivity contribution is 7.92. The van der Waals surface area contributed by atoms with E-state index in [2.05, 4.69) is 19.5 Å². The molecule has 10 nitrogen and oxygen atoms in total. The van der Waals surface area contributed by atoms with E-state index < -0.39 is 27.9 Å². The lowest BCUT2D eigenvalue weighted by molar-refractivity contribution is 0.0598. The Hall–Kier alpha value is -4.38. The van der Waals surface area contributed by atoms with Crippen LogP contribution in [0.15, 0.2) is 71.6 Å². The second-order valence-electron chi connectivity index (χ2n) is 7.07. The van der Waals surface area contributed by atoms with Crippen LogP contribution >= 0.6 is 0 Å². The lowest BCUT2D eigenvalue weighted by Crippen LogP contribution is -2.17. The second-order valence-corrected chi connectivity index (χ2v) is 8.75. The van der Waals surface area contributed by atoms with Crippen LogP contribution < -0.4 is 14.8 Å². The van der Waals surface area contributed by atoms with Crippen LogP contribution in [0, 0.1) is 0 Å². The van der Waals surface area contributed by atoms with Gasteiger partial charge in [-0.1, -0.05) is 18.2 Å². The molecule has 0 unspecified atom stereocenters. The lowest BCUT2D eigenvalue weighted by Gasteiger charge is -2.13. The number of ether oxygens (including phenoxy) is 3. The first-order chi connectivity index (χ1) is 16.7. The molecule has 0 atom stereocenters. The van der Waals surface area contributed by atoms with Gasteiger partial charge in [-0.3, -0.25) is 9.52 Å². The van der Waals surface area contributed by atoms with Gasteiger partial charge >= 0.3 is 11.9 Å². The first-order valence-corrected chi connectivity index (χ1v) is 11.6. The Kier molecular flexibility index (Phi) is 7.72. The number of amides is 1. The maximum absolute atomic E-state index is 12.9. The minimum absolute atomic E-state index is 0.0167. The molecule has 3 aromatic carbocycles. The van der Waals surface area contributed by atoms with Gasteiger partial charge in [0.15, 0.2) is 0 Å². The minimum Gasteiger partial charge on any atom is -0.495 e. The molecule has 0 aromatic heterocycles. The summed E-state index contributed by atoms with van der Waals surface area (Å²) in [7, 11) is -0.280. The zero-order chi connectivity index (χ0) is 25.6. The van der Waals surface area contributed by atoms with Crippen LogP contribution in [-0.2, 0) is 19.5 Å². The quantitative estimate of drug-likeness (QED) is 0.451. The molecule has 0 heterocycles. The molecule has 182 valence electrons. The summed E-state index contributed by atoms with van der Waals surface area (Å²) in [6.45, 7) is 0. The number of anilines is 2. The third-order valence-electron chi connectivity index (χ3n) is 4.79. The van der Waals surface area contributed by atoms with Crippen molar-refractivity contribution in [1.82, 2.24) is 0 Å². The first kappa shape index (κ1) is 25.2. The van der Waals surface area contributed by atoms with E-state index in [-0.39, 0.29) is 33.0 Å². The smallest absolute Gasteiger partial charge is 0.337 e. The van der Waals surface area contributed by atoms with E-state index in [1.54, 1.807) is 24.3 Å². The number of esters is 2. The van der Waals surface area contributed by atoms with E-state index in [1.165, 1.54) is 63.8 Å². The summed E-state index contributed by atoms with van der Waals surface area (Å²) in [5.41, 5.74) is 0.403. The fraction of sp³-hybridized carbons (Fsp3) is 0.125. The van der Waals surface area contributed by atoms with E-state index >= 15 is 0 Å². The number of carbonyl (C=O) groups excluding carboxylic acids is 3. The van der Waals surface area contributed by atoms with Gasteiger partial charge in [0, 0.05) is 11.3 Å². The Morgan fingerprint density at radius 1 is 0.743 bits per heavy atom. The highest BCUT2D eigenvalue weighted by atomic mass is 32.2. The fourth-order valence-corrected chi connectivity index (χ4v) is 4.23. The zero-order valence-electron chi connectivity index (χ0n) is 19.0. The molecule has 0 fully saturated rings. The topological polar surface area (TPSA) is 137 Å². The van der Waals surface area contributed by atoms with E-state index in [1.807, 2.05) is 0 Å². The van der Waals surface area contributed by atoms with E-state index in [4.69, 9.17) is 4.74 Å². The molecule has 0 spiro atoms. The molecule has 3 rings (SSSR count). The molecular weight excluding hydrogens is 476 g/mol. The largest absolute Gasteiger partial charge is 0.495 e. The Balaban J connectivity index is 1.89. The van der Waals surface area contributed by atoms with E-state index in [9.17, 15) is 22.8 Å². The number of methoxy groups -OCH3 is 3. The SMILES string of the molecule is COC(=O)c1cc(NC(=O)c2cccc(S(=O)(=O)Nc3ccccc3OC)c2)cc(C(=O)OC)c1. The molecule has 0 aliphatic heterocycles. The molecule has 0 saturated carbocycles. The van der Waals surface area contributed by atoms with Crippen LogP contribution in [0.3, 0.4) is 0 Å². The van der Waals surface area contributed by atoms with Gasteiger partial charge in [-0.15, -0.1) is 0 Å². The average molecular weight is 499 g/mol. The molecule has 0 aliphatic carbocycles. The van der Waals surface area contributed by atoms with Crippen LogP contribution in [0.5, 0.6) is 5.75 Å². The van der Waals surface area contributed by atoms with Crippen LogP contribution in [0.2, 0.25) is 0 Å². The third-order valence-corrected chi connectivity index (χ3v) is 6.15. The van der Waals surface area contributed by atoms with Gasteiger partial charge in [-0.25, -0.2) is 18.0 Å². The van der Waals surface area contributed by atoms with Gasteiger partial charge in [0.25, 0.3) is 15.9 Å². The predicted molar refractivity (Wildman–Crippen MR) is 127 cm³/mol. The maximum atomic E-state index is 12.9. The minimum atomic E-state index is -4.05. The number of nitrogens with one attached hydrogen (secondary N) is 2. The highest BCUT2D eigenvalue weighted by Gasteiger charge is 2.19. The lowest BCUT2D eigenvalue weighted by atomic mass is 10.1. The molecule has 2 N–H and O–H groups in total. The number of benzene rings is 3. The maximum Gasteiger partial charge on any atom is 0.337 e. The monoisotopic (exact) mass is 498 g/mol. The molecule has 1 amide bonds. The summed E-state index contributed by atoms with van der Waals surface area (Å²) in [5, 5.41) is 2.55. The summed E-state index contributed by atoms with van der Waals surface area (Å²) in [6, 6.07) is 15.8. The van der Waals surface area contributed by atoms with Gasteiger partial charge in [0.1, 0.15) is 5.75 Å². The molecule has 0 saturated heterocycles. The van der Waals surface area contributed by atoms with Gasteiger partial charge in [0.05, 0.1) is 43.0 Å². The molecule has 0 aliphatic rings. The summed E-state index contributed by atoms with van der Waals surface area (Å²) >= 11 is 0. The summed E-state index contributed by atoms with van der Waals surface area (Å²) < 4.78 is 42.8. The Morgan fingerprint density at radius 3 is 1.97 bits per heavy atom. The normalized spacial score (nSPS) is 10.7. The van der Waals surface area contributed by atoms with Crippen molar-refractivity contribution in [3.05, 3.63) is 83.4 Å². The zero-order valence-corrected chi connectivity index (χ0v) is 19.8. The van der Waals surface area contributed by atoms with E-state index in [0.717, 1.165) is 0 Å². The predicted octanol–water partition coefficient (Wildman–Crippen LogP) is 3.32. The van der Waals surface area contributed by atoms with Crippen molar-refractivity contribution in [2.45, 2.75) is 4.90 Å². The van der Waals surface area contributed by atoms with Crippen LogP contribution in [0.1, 0.15) is 31.1 Å². The molecule has 11 heteroatoms. The average Bonchev–Trinajstić information content (AvgIpc) is 2.87. The Labute approximate surface area is 201 Å². The Bertz CT molecular complexity index is 1350. The summed E-state index contributed by atoms with van der Waals surface area (Å²) in [4.78, 5) is 36.6. The van der Waals surface area contributed by atoms with Gasteiger partial charge < -0.3 is 19.5 Å². The molecule has 3 aromatic rings. The van der Waals surface area contributed by atoms with Gasteiger partial charge in [-0.05, 0) is 48.5 Å². The standard InChI is InChI=1S/C24H22N2O8S/c1-32-21-10-5-4-9-20(21)26-35(30,31)19-8-6-7-15(14-19)22(27)25-18-12-16(23(28)33-2)11-17(13-18)24(29)34-3/h4-14,26H,1-3H3,(H,25,27). The van der Waals surface area contributed by atoms with Gasteiger partial charge in [-0.2, -0.15) is 0 Å². The number of hydrogen-bond donors (Lipinski definition) is 2. The van der Waals surface area contributed by atoms with Crippen molar-refractivity contribution in [2.24, 2.45) is 0 Å². The number of hydrogen-bond acceptors (Lipinski definition) is 8. The van der Waals surface area contributed by atoms with Crippen molar-refractivity contribution in [3.63, 3.8) is 0 Å². The van der Waals surface area contributed by atoms with Crippen LogP contribution in [0.25, 0.3) is 0 Å². The van der Waals surface area contributed by atoms with Crippen molar-refractivity contribution >= 4 is 39.2 Å². The molecule has 0 bridgehead atoms. The summed E-state index contributed by atoms with van der Waals surface area (Å²) in [5.74, 6) is -1.78.